The van der Waals surface area contributed by atoms with Crippen LogP contribution in [0.4, 0.5) is 5.69 Å². The Balaban J connectivity index is 2.07. The Kier molecular flexibility index (Phi) is 5.69. The molecule has 0 radical (unpaired) electrons. The lowest BCUT2D eigenvalue weighted by Crippen LogP contribution is -2.56. The molecular weight excluding hydrogens is 326 g/mol. The average Bonchev–Trinajstić information content (AvgIpc) is 2.39. The van der Waals surface area contributed by atoms with E-state index in [0.29, 0.717) is 5.54 Å². The Morgan fingerprint density at radius 2 is 1.95 bits per heavy atom. The molecule has 1 N–H and O–H groups in total. The molecule has 21 heavy (non-hydrogen) atoms. The van der Waals surface area contributed by atoms with Crippen LogP contribution >= 0.6 is 15.9 Å². The van der Waals surface area contributed by atoms with E-state index in [2.05, 4.69) is 77.3 Å². The van der Waals surface area contributed by atoms with E-state index in [9.17, 15) is 0 Å². The molecule has 0 spiro atoms. The van der Waals surface area contributed by atoms with Gasteiger partial charge in [0.1, 0.15) is 0 Å². The van der Waals surface area contributed by atoms with Crippen molar-refractivity contribution in [3.05, 3.63) is 28.2 Å². The van der Waals surface area contributed by atoms with Crippen LogP contribution in [0, 0.1) is 0 Å². The first-order valence-corrected chi connectivity index (χ1v) is 8.65. The molecule has 0 bridgehead atoms. The molecule has 0 amide bonds. The van der Waals surface area contributed by atoms with Crippen LogP contribution in [0.25, 0.3) is 0 Å². The summed E-state index contributed by atoms with van der Waals surface area (Å²) in [5, 5.41) is 3.37. The molecule has 1 aromatic carbocycles. The van der Waals surface area contributed by atoms with Crippen LogP contribution in [-0.4, -0.2) is 44.7 Å². The molecule has 1 aromatic rings. The van der Waals surface area contributed by atoms with Crippen LogP contribution in [0.5, 0.6) is 0 Å². The Labute approximate surface area is 137 Å². The van der Waals surface area contributed by atoms with Crippen molar-refractivity contribution in [1.29, 1.82) is 0 Å². The topological polar surface area (TPSA) is 18.5 Å². The molecule has 1 saturated carbocycles. The highest BCUT2D eigenvalue weighted by atomic mass is 79.9. The third-order valence-electron chi connectivity index (χ3n) is 4.77. The zero-order chi connectivity index (χ0) is 15.5. The molecule has 2 rings (SSSR count). The lowest BCUT2D eigenvalue weighted by molar-refractivity contribution is 0.0683. The predicted molar refractivity (Wildman–Crippen MR) is 95.1 cm³/mol. The van der Waals surface area contributed by atoms with Gasteiger partial charge in [-0.3, -0.25) is 0 Å². The monoisotopic (exact) mass is 353 g/mol. The Bertz CT molecular complexity index is 469. The second-order valence-electron chi connectivity index (χ2n) is 6.39. The van der Waals surface area contributed by atoms with Crippen LogP contribution in [0.1, 0.15) is 31.7 Å². The van der Waals surface area contributed by atoms with Crippen molar-refractivity contribution in [3.63, 3.8) is 0 Å². The van der Waals surface area contributed by atoms with Crippen LogP contribution in [0.15, 0.2) is 22.7 Å². The fourth-order valence-corrected chi connectivity index (χ4v) is 3.83. The third-order valence-corrected chi connectivity index (χ3v) is 5.40. The van der Waals surface area contributed by atoms with E-state index >= 15 is 0 Å². The van der Waals surface area contributed by atoms with E-state index in [4.69, 9.17) is 0 Å². The largest absolute Gasteiger partial charge is 0.372 e. The summed E-state index contributed by atoms with van der Waals surface area (Å²) >= 11 is 3.74. The summed E-state index contributed by atoms with van der Waals surface area (Å²) in [5.74, 6) is 0. The summed E-state index contributed by atoms with van der Waals surface area (Å²) in [5.41, 5.74) is 2.96. The van der Waals surface area contributed by atoms with Crippen LogP contribution in [-0.2, 0) is 6.54 Å². The number of nitrogens with zero attached hydrogens (tertiary/aromatic N) is 2. The van der Waals surface area contributed by atoms with Crippen molar-refractivity contribution in [2.75, 3.05) is 39.1 Å². The molecule has 0 aromatic heterocycles. The molecule has 3 nitrogen and oxygen atoms in total. The van der Waals surface area contributed by atoms with E-state index in [0.717, 1.165) is 19.6 Å². The van der Waals surface area contributed by atoms with Crippen LogP contribution < -0.4 is 10.2 Å². The fraction of sp³-hybridized carbons (Fsp3) is 0.647. The summed E-state index contributed by atoms with van der Waals surface area (Å²) in [7, 11) is 6.62. The van der Waals surface area contributed by atoms with Crippen molar-refractivity contribution in [2.45, 2.75) is 38.3 Å². The summed E-state index contributed by atoms with van der Waals surface area (Å²) in [4.78, 5) is 4.79. The minimum atomic E-state index is 0.358. The molecule has 118 valence electrons. The highest BCUT2D eigenvalue weighted by molar-refractivity contribution is 9.10. The van der Waals surface area contributed by atoms with Gasteiger partial charge in [-0.1, -0.05) is 13.0 Å². The maximum absolute atomic E-state index is 3.74. The Morgan fingerprint density at radius 3 is 2.43 bits per heavy atom. The molecule has 0 saturated heterocycles. The van der Waals surface area contributed by atoms with E-state index in [1.807, 2.05) is 0 Å². The van der Waals surface area contributed by atoms with Crippen molar-refractivity contribution in [3.8, 4) is 0 Å². The van der Waals surface area contributed by atoms with Gasteiger partial charge < -0.3 is 15.1 Å². The van der Waals surface area contributed by atoms with Gasteiger partial charge in [0.25, 0.3) is 0 Å². The predicted octanol–water partition coefficient (Wildman–Crippen LogP) is 3.48. The zero-order valence-corrected chi connectivity index (χ0v) is 15.3. The summed E-state index contributed by atoms with van der Waals surface area (Å²) in [6, 6.07) is 6.69. The number of nitrogens with one attached hydrogen (secondary N) is 1. The van der Waals surface area contributed by atoms with Gasteiger partial charge in [0.15, 0.2) is 0 Å². The van der Waals surface area contributed by atoms with Crippen molar-refractivity contribution >= 4 is 21.6 Å². The number of halogens is 1. The van der Waals surface area contributed by atoms with E-state index in [1.165, 1.54) is 35.0 Å². The molecule has 0 atom stereocenters. The van der Waals surface area contributed by atoms with Gasteiger partial charge in [-0.2, -0.15) is 0 Å². The van der Waals surface area contributed by atoms with Gasteiger partial charge in [0.05, 0.1) is 5.69 Å². The normalized spacial score (nSPS) is 16.9. The van der Waals surface area contributed by atoms with Crippen molar-refractivity contribution < 1.29 is 0 Å². The van der Waals surface area contributed by atoms with E-state index < -0.39 is 0 Å². The molecule has 4 heteroatoms. The lowest BCUT2D eigenvalue weighted by atomic mass is 9.75. The standard InChI is InChI=1S/C17H28BrN3/c1-5-19-12-14-7-8-16(15(18)11-14)21(4)13-17(20(2)3)9-6-10-17/h7-8,11,19H,5-6,9-10,12-13H2,1-4H3. The maximum atomic E-state index is 3.74. The highest BCUT2D eigenvalue weighted by Crippen LogP contribution is 2.38. The molecule has 0 unspecified atom stereocenters. The molecule has 0 heterocycles. The Hall–Kier alpha value is -0.580. The first kappa shape index (κ1) is 16.8. The first-order valence-electron chi connectivity index (χ1n) is 7.86. The number of rotatable bonds is 7. The minimum Gasteiger partial charge on any atom is -0.372 e. The molecule has 0 aliphatic heterocycles. The molecule has 1 aliphatic rings. The molecule has 1 aliphatic carbocycles. The minimum absolute atomic E-state index is 0.358. The van der Waals surface area contributed by atoms with Gasteiger partial charge >= 0.3 is 0 Å². The van der Waals surface area contributed by atoms with Gasteiger partial charge in [-0.05, 0) is 73.5 Å². The van der Waals surface area contributed by atoms with Crippen molar-refractivity contribution in [2.24, 2.45) is 0 Å². The summed E-state index contributed by atoms with van der Waals surface area (Å²) in [6.45, 7) is 5.16. The average molecular weight is 354 g/mol. The summed E-state index contributed by atoms with van der Waals surface area (Å²) < 4.78 is 1.19. The van der Waals surface area contributed by atoms with Gasteiger partial charge in [0.2, 0.25) is 0 Å². The van der Waals surface area contributed by atoms with Gasteiger partial charge in [0, 0.05) is 30.1 Å². The van der Waals surface area contributed by atoms with E-state index in [1.54, 1.807) is 0 Å². The number of hydrogen-bond acceptors (Lipinski definition) is 3. The smallest absolute Gasteiger partial charge is 0.0508 e. The maximum Gasteiger partial charge on any atom is 0.0508 e. The quantitative estimate of drug-likeness (QED) is 0.809. The number of likely N-dealkylation sites (N-methyl/N-ethyl adjacent to an activating group) is 2. The zero-order valence-electron chi connectivity index (χ0n) is 13.7. The van der Waals surface area contributed by atoms with Crippen molar-refractivity contribution in [1.82, 2.24) is 10.2 Å². The SMILES string of the molecule is CCNCc1ccc(N(C)CC2(N(C)C)CCC2)c(Br)c1. The number of anilines is 1. The molecular formula is C17H28BrN3. The fourth-order valence-electron chi connectivity index (χ4n) is 3.10. The van der Waals surface area contributed by atoms with Crippen LogP contribution in [0.2, 0.25) is 0 Å². The first-order chi connectivity index (χ1) is 9.98. The number of hydrogen-bond donors (Lipinski definition) is 1. The van der Waals surface area contributed by atoms with E-state index in [-0.39, 0.29) is 0 Å². The highest BCUT2D eigenvalue weighted by Gasteiger charge is 2.40. The van der Waals surface area contributed by atoms with Crippen LogP contribution in [0.3, 0.4) is 0 Å². The third kappa shape index (κ3) is 3.79. The summed E-state index contributed by atoms with van der Waals surface area (Å²) in [6.07, 6.45) is 3.97. The second-order valence-corrected chi connectivity index (χ2v) is 7.25. The van der Waals surface area contributed by atoms with Gasteiger partial charge in [-0.15, -0.1) is 0 Å². The second kappa shape index (κ2) is 7.12. The lowest BCUT2D eigenvalue weighted by Gasteiger charge is -2.49. The van der Waals surface area contributed by atoms with Gasteiger partial charge in [-0.25, -0.2) is 0 Å². The Morgan fingerprint density at radius 1 is 1.24 bits per heavy atom. The number of benzene rings is 1. The molecule has 1 fully saturated rings.